The Hall–Kier alpha value is -1.10. The topological polar surface area (TPSA) is 20.2 Å². The van der Waals surface area contributed by atoms with E-state index in [0.29, 0.717) is 5.56 Å². The lowest BCUT2D eigenvalue weighted by Crippen LogP contribution is -2.18. The summed E-state index contributed by atoms with van der Waals surface area (Å²) < 4.78 is 48.9. The molecule has 0 aliphatic rings. The second-order valence-corrected chi connectivity index (χ2v) is 3.63. The van der Waals surface area contributed by atoms with Crippen molar-refractivity contribution in [2.45, 2.75) is 25.1 Å². The van der Waals surface area contributed by atoms with Gasteiger partial charge in [-0.05, 0) is 17.7 Å². The Morgan fingerprint density at radius 2 is 1.69 bits per heavy atom. The van der Waals surface area contributed by atoms with Crippen molar-refractivity contribution in [3.05, 3.63) is 35.4 Å². The first-order valence-corrected chi connectivity index (χ1v) is 4.77. The van der Waals surface area contributed by atoms with Crippen molar-refractivity contribution in [2.24, 2.45) is 0 Å². The molecule has 2 unspecified atom stereocenters. The summed E-state index contributed by atoms with van der Waals surface area (Å²) in [5.41, 5.74) is -0.267. The van der Waals surface area contributed by atoms with Crippen LogP contribution < -0.4 is 0 Å². The lowest BCUT2D eigenvalue weighted by molar-refractivity contribution is -0.137. The monoisotopic (exact) mass is 236 g/mol. The van der Waals surface area contributed by atoms with Crippen molar-refractivity contribution >= 4 is 0 Å². The van der Waals surface area contributed by atoms with Crippen LogP contribution in [-0.2, 0) is 6.18 Å². The molecule has 0 saturated carbocycles. The fourth-order valence-electron chi connectivity index (χ4n) is 1.33. The van der Waals surface area contributed by atoms with Crippen LogP contribution in [0.15, 0.2) is 24.3 Å². The number of halogens is 4. The molecule has 0 heterocycles. The largest absolute Gasteiger partial charge is 0.416 e. The normalized spacial score (nSPS) is 15.9. The molecule has 1 rings (SSSR count). The van der Waals surface area contributed by atoms with Gasteiger partial charge < -0.3 is 5.11 Å². The van der Waals surface area contributed by atoms with Crippen LogP contribution in [0.25, 0.3) is 0 Å². The molecule has 16 heavy (non-hydrogen) atoms. The summed E-state index contributed by atoms with van der Waals surface area (Å²) in [6, 6.07) is 4.37. The van der Waals surface area contributed by atoms with Gasteiger partial charge >= 0.3 is 6.18 Å². The van der Waals surface area contributed by atoms with Gasteiger partial charge in [-0.15, -0.1) is 0 Å². The quantitative estimate of drug-likeness (QED) is 0.799. The molecule has 1 aromatic carbocycles. The lowest BCUT2D eigenvalue weighted by atomic mass is 9.95. The Morgan fingerprint density at radius 3 is 2.06 bits per heavy atom. The first kappa shape index (κ1) is 13.0. The standard InChI is InChI=1S/C11H12F4O/c1-7(10(16)6-12)8-2-4-9(5-3-8)11(13,14)15/h2-5,7,10,16H,6H2,1H3. The molecular formula is C11H12F4O. The second kappa shape index (κ2) is 4.82. The average molecular weight is 236 g/mol. The Kier molecular flexibility index (Phi) is 3.91. The molecule has 0 aromatic heterocycles. The van der Waals surface area contributed by atoms with E-state index < -0.39 is 30.4 Å². The number of alkyl halides is 4. The first-order chi connectivity index (χ1) is 7.36. The van der Waals surface area contributed by atoms with E-state index in [0.717, 1.165) is 12.1 Å². The molecule has 2 atom stereocenters. The third kappa shape index (κ3) is 2.95. The zero-order chi connectivity index (χ0) is 12.3. The number of hydrogen-bond acceptors (Lipinski definition) is 1. The molecule has 0 amide bonds. The summed E-state index contributed by atoms with van der Waals surface area (Å²) in [6.07, 6.45) is -5.56. The number of aliphatic hydroxyl groups is 1. The van der Waals surface area contributed by atoms with Crippen LogP contribution in [0, 0.1) is 0 Å². The van der Waals surface area contributed by atoms with Gasteiger partial charge in [0.2, 0.25) is 0 Å². The zero-order valence-electron chi connectivity index (χ0n) is 8.63. The van der Waals surface area contributed by atoms with E-state index in [1.165, 1.54) is 12.1 Å². The van der Waals surface area contributed by atoms with Crippen molar-refractivity contribution in [3.8, 4) is 0 Å². The summed E-state index contributed by atoms with van der Waals surface area (Å²) in [4.78, 5) is 0. The number of aliphatic hydroxyl groups excluding tert-OH is 1. The Morgan fingerprint density at radius 1 is 1.19 bits per heavy atom. The maximum absolute atomic E-state index is 12.2. The SMILES string of the molecule is CC(c1ccc(C(F)(F)F)cc1)C(O)CF. The third-order valence-corrected chi connectivity index (χ3v) is 2.50. The molecule has 0 radical (unpaired) electrons. The van der Waals surface area contributed by atoms with Crippen LogP contribution in [0.4, 0.5) is 17.6 Å². The Bertz CT molecular complexity index is 331. The highest BCUT2D eigenvalue weighted by molar-refractivity contribution is 5.27. The van der Waals surface area contributed by atoms with Gasteiger partial charge in [0.15, 0.2) is 0 Å². The fourth-order valence-corrected chi connectivity index (χ4v) is 1.33. The van der Waals surface area contributed by atoms with Crippen molar-refractivity contribution < 1.29 is 22.7 Å². The maximum Gasteiger partial charge on any atom is 0.416 e. The van der Waals surface area contributed by atoms with Crippen LogP contribution in [0.2, 0.25) is 0 Å². The summed E-state index contributed by atoms with van der Waals surface area (Å²) in [6.45, 7) is 0.648. The molecular weight excluding hydrogens is 224 g/mol. The second-order valence-electron chi connectivity index (χ2n) is 3.63. The molecule has 0 aliphatic carbocycles. The average Bonchev–Trinajstić information content (AvgIpc) is 2.26. The van der Waals surface area contributed by atoms with Crippen LogP contribution in [0.5, 0.6) is 0 Å². The van der Waals surface area contributed by atoms with Crippen molar-refractivity contribution in [1.29, 1.82) is 0 Å². The van der Waals surface area contributed by atoms with Gasteiger partial charge in [0, 0.05) is 5.92 Å². The van der Waals surface area contributed by atoms with Crippen molar-refractivity contribution in [2.75, 3.05) is 6.67 Å². The number of hydrogen-bond donors (Lipinski definition) is 1. The van der Waals surface area contributed by atoms with Gasteiger partial charge in [-0.3, -0.25) is 0 Å². The van der Waals surface area contributed by atoms with Gasteiger partial charge in [0.05, 0.1) is 11.7 Å². The van der Waals surface area contributed by atoms with Crippen LogP contribution >= 0.6 is 0 Å². The van der Waals surface area contributed by atoms with E-state index in [1.54, 1.807) is 6.92 Å². The Balaban J connectivity index is 2.87. The minimum absolute atomic E-state index is 0.484. The molecule has 0 saturated heterocycles. The molecule has 1 nitrogen and oxygen atoms in total. The first-order valence-electron chi connectivity index (χ1n) is 4.77. The van der Waals surface area contributed by atoms with E-state index in [2.05, 4.69) is 0 Å². The van der Waals surface area contributed by atoms with E-state index in [4.69, 9.17) is 0 Å². The lowest BCUT2D eigenvalue weighted by Gasteiger charge is -2.16. The number of benzene rings is 1. The zero-order valence-corrected chi connectivity index (χ0v) is 8.63. The summed E-state index contributed by atoms with van der Waals surface area (Å²) in [7, 11) is 0. The minimum atomic E-state index is -4.37. The molecule has 1 aromatic rings. The van der Waals surface area contributed by atoms with Gasteiger partial charge in [-0.25, -0.2) is 4.39 Å². The summed E-state index contributed by atoms with van der Waals surface area (Å²) >= 11 is 0. The number of rotatable bonds is 3. The highest BCUT2D eigenvalue weighted by Gasteiger charge is 2.30. The van der Waals surface area contributed by atoms with E-state index >= 15 is 0 Å². The molecule has 5 heteroatoms. The Labute approximate surface area is 90.7 Å². The van der Waals surface area contributed by atoms with Gasteiger partial charge in [-0.2, -0.15) is 13.2 Å². The third-order valence-electron chi connectivity index (χ3n) is 2.50. The molecule has 1 N–H and O–H groups in total. The smallest absolute Gasteiger partial charge is 0.390 e. The predicted molar refractivity (Wildman–Crippen MR) is 51.8 cm³/mol. The van der Waals surface area contributed by atoms with E-state index in [9.17, 15) is 22.7 Å². The van der Waals surface area contributed by atoms with Gasteiger partial charge in [0.1, 0.15) is 6.67 Å². The summed E-state index contributed by atoms with van der Waals surface area (Å²) in [5.74, 6) is -0.521. The molecule has 0 aliphatic heterocycles. The predicted octanol–water partition coefficient (Wildman–Crippen LogP) is 3.14. The highest BCUT2D eigenvalue weighted by Crippen LogP contribution is 2.30. The van der Waals surface area contributed by atoms with Crippen LogP contribution in [0.3, 0.4) is 0 Å². The van der Waals surface area contributed by atoms with Crippen molar-refractivity contribution in [3.63, 3.8) is 0 Å². The molecule has 0 bridgehead atoms. The summed E-state index contributed by atoms with van der Waals surface area (Å²) in [5, 5.41) is 9.21. The molecule has 0 fully saturated rings. The molecule has 90 valence electrons. The van der Waals surface area contributed by atoms with Gasteiger partial charge in [0.25, 0.3) is 0 Å². The van der Waals surface area contributed by atoms with E-state index in [-0.39, 0.29) is 0 Å². The van der Waals surface area contributed by atoms with Gasteiger partial charge in [-0.1, -0.05) is 19.1 Å². The van der Waals surface area contributed by atoms with Crippen LogP contribution in [-0.4, -0.2) is 17.9 Å². The minimum Gasteiger partial charge on any atom is -0.390 e. The molecule has 0 spiro atoms. The van der Waals surface area contributed by atoms with E-state index in [1.807, 2.05) is 0 Å². The maximum atomic E-state index is 12.2. The van der Waals surface area contributed by atoms with Crippen LogP contribution in [0.1, 0.15) is 24.0 Å². The van der Waals surface area contributed by atoms with Crippen molar-refractivity contribution in [1.82, 2.24) is 0 Å². The highest BCUT2D eigenvalue weighted by atomic mass is 19.4. The fraction of sp³-hybridized carbons (Fsp3) is 0.455.